The first-order chi connectivity index (χ1) is 7.54. The van der Waals surface area contributed by atoms with Crippen molar-refractivity contribution in [1.29, 1.82) is 0 Å². The lowest BCUT2D eigenvalue weighted by Gasteiger charge is -2.16. The second-order valence-corrected chi connectivity index (χ2v) is 4.84. The molecule has 2 N–H and O–H groups in total. The van der Waals surface area contributed by atoms with E-state index < -0.39 is 5.97 Å². The molecule has 3 nitrogen and oxygen atoms in total. The molecule has 0 aliphatic carbocycles. The molecule has 0 radical (unpaired) electrons. The van der Waals surface area contributed by atoms with Gasteiger partial charge in [-0.2, -0.15) is 11.8 Å². The molecule has 5 heteroatoms. The standard InChI is InChI=1S/C11H14ClNO2S/c1-7(6-16-2)13-10-5-8(12)3-4-9(10)11(14)15/h3-5,7,13H,6H2,1-2H3,(H,14,15). The van der Waals surface area contributed by atoms with E-state index in [0.29, 0.717) is 10.7 Å². The van der Waals surface area contributed by atoms with Crippen molar-refractivity contribution >= 4 is 35.0 Å². The van der Waals surface area contributed by atoms with Crippen molar-refractivity contribution in [2.75, 3.05) is 17.3 Å². The fraction of sp³-hybridized carbons (Fsp3) is 0.364. The third-order valence-corrected chi connectivity index (χ3v) is 3.10. The molecule has 0 fully saturated rings. The normalized spacial score (nSPS) is 12.2. The summed E-state index contributed by atoms with van der Waals surface area (Å²) in [6, 6.07) is 4.93. The minimum Gasteiger partial charge on any atom is -0.478 e. The Balaban J connectivity index is 2.92. The molecule has 16 heavy (non-hydrogen) atoms. The molecule has 1 rings (SSSR count). The van der Waals surface area contributed by atoms with Crippen LogP contribution in [0.4, 0.5) is 5.69 Å². The first kappa shape index (κ1) is 13.2. The first-order valence-corrected chi connectivity index (χ1v) is 6.60. The van der Waals surface area contributed by atoms with Crippen LogP contribution >= 0.6 is 23.4 Å². The number of carboxylic acids is 1. The van der Waals surface area contributed by atoms with Gasteiger partial charge in [0.05, 0.1) is 11.3 Å². The van der Waals surface area contributed by atoms with Crippen LogP contribution in [0.1, 0.15) is 17.3 Å². The van der Waals surface area contributed by atoms with Gasteiger partial charge in [0, 0.05) is 16.8 Å². The molecule has 0 aromatic heterocycles. The maximum atomic E-state index is 11.0. The largest absolute Gasteiger partial charge is 0.478 e. The average Bonchev–Trinajstić information content (AvgIpc) is 2.17. The van der Waals surface area contributed by atoms with Crippen molar-refractivity contribution in [3.05, 3.63) is 28.8 Å². The number of rotatable bonds is 5. The summed E-state index contributed by atoms with van der Waals surface area (Å²) in [5.41, 5.74) is 0.818. The summed E-state index contributed by atoms with van der Waals surface area (Å²) in [6.07, 6.45) is 2.01. The Kier molecular flexibility index (Phi) is 4.96. The average molecular weight is 260 g/mol. The molecule has 0 saturated carbocycles. The van der Waals surface area contributed by atoms with Gasteiger partial charge in [-0.05, 0) is 31.4 Å². The zero-order valence-electron chi connectivity index (χ0n) is 9.16. The predicted octanol–water partition coefficient (Wildman–Crippen LogP) is 3.20. The van der Waals surface area contributed by atoms with Crippen LogP contribution in [0.5, 0.6) is 0 Å². The Bertz CT molecular complexity index is 384. The van der Waals surface area contributed by atoms with Gasteiger partial charge < -0.3 is 10.4 Å². The van der Waals surface area contributed by atoms with Gasteiger partial charge in [0.2, 0.25) is 0 Å². The molecule has 0 spiro atoms. The molecule has 1 atom stereocenters. The van der Waals surface area contributed by atoms with Crippen LogP contribution in [0.3, 0.4) is 0 Å². The lowest BCUT2D eigenvalue weighted by atomic mass is 10.1. The van der Waals surface area contributed by atoms with E-state index in [1.807, 2.05) is 13.2 Å². The summed E-state index contributed by atoms with van der Waals surface area (Å²) in [7, 11) is 0. The molecule has 0 bridgehead atoms. The van der Waals surface area contributed by atoms with Gasteiger partial charge in [-0.15, -0.1) is 0 Å². The predicted molar refractivity (Wildman–Crippen MR) is 69.9 cm³/mol. The Morgan fingerprint density at radius 1 is 1.62 bits per heavy atom. The van der Waals surface area contributed by atoms with Crippen molar-refractivity contribution in [2.24, 2.45) is 0 Å². The Hall–Kier alpha value is -0.870. The Morgan fingerprint density at radius 2 is 2.31 bits per heavy atom. The number of nitrogens with one attached hydrogen (secondary N) is 1. The number of carbonyl (C=O) groups is 1. The van der Waals surface area contributed by atoms with Crippen LogP contribution < -0.4 is 5.32 Å². The number of thioether (sulfide) groups is 1. The van der Waals surface area contributed by atoms with Gasteiger partial charge in [-0.3, -0.25) is 0 Å². The molecule has 1 aromatic rings. The van der Waals surface area contributed by atoms with Crippen LogP contribution in [0, 0.1) is 0 Å². The third kappa shape index (κ3) is 3.61. The molecule has 0 aliphatic rings. The molecule has 88 valence electrons. The minimum atomic E-state index is -0.949. The number of carboxylic acid groups (broad SMARTS) is 1. The summed E-state index contributed by atoms with van der Waals surface area (Å²) in [6.45, 7) is 2.00. The van der Waals surface area contributed by atoms with Crippen molar-refractivity contribution in [1.82, 2.24) is 0 Å². The number of halogens is 1. The van der Waals surface area contributed by atoms with Crippen molar-refractivity contribution in [2.45, 2.75) is 13.0 Å². The summed E-state index contributed by atoms with van der Waals surface area (Å²) >= 11 is 7.55. The van der Waals surface area contributed by atoms with E-state index in [1.54, 1.807) is 23.9 Å². The van der Waals surface area contributed by atoms with Gasteiger partial charge in [-0.25, -0.2) is 4.79 Å². The monoisotopic (exact) mass is 259 g/mol. The molecule has 0 amide bonds. The number of anilines is 1. The third-order valence-electron chi connectivity index (χ3n) is 2.03. The van der Waals surface area contributed by atoms with E-state index in [2.05, 4.69) is 5.32 Å². The van der Waals surface area contributed by atoms with Crippen molar-refractivity contribution in [3.8, 4) is 0 Å². The van der Waals surface area contributed by atoms with Gasteiger partial charge in [0.1, 0.15) is 0 Å². The lowest BCUT2D eigenvalue weighted by Crippen LogP contribution is -2.19. The van der Waals surface area contributed by atoms with E-state index in [9.17, 15) is 4.79 Å². The first-order valence-electron chi connectivity index (χ1n) is 4.83. The molecule has 0 heterocycles. The van der Waals surface area contributed by atoms with E-state index >= 15 is 0 Å². The highest BCUT2D eigenvalue weighted by atomic mass is 35.5. The topological polar surface area (TPSA) is 49.3 Å². The van der Waals surface area contributed by atoms with Crippen LogP contribution in [0.15, 0.2) is 18.2 Å². The van der Waals surface area contributed by atoms with Crippen LogP contribution in [0.25, 0.3) is 0 Å². The van der Waals surface area contributed by atoms with Gasteiger partial charge in [-0.1, -0.05) is 11.6 Å². The Morgan fingerprint density at radius 3 is 2.88 bits per heavy atom. The zero-order chi connectivity index (χ0) is 12.1. The molecular weight excluding hydrogens is 246 g/mol. The van der Waals surface area contributed by atoms with E-state index in [0.717, 1.165) is 5.75 Å². The molecule has 1 unspecified atom stereocenters. The minimum absolute atomic E-state index is 0.201. The highest BCUT2D eigenvalue weighted by Gasteiger charge is 2.12. The zero-order valence-corrected chi connectivity index (χ0v) is 10.7. The molecule has 0 aliphatic heterocycles. The van der Waals surface area contributed by atoms with Crippen LogP contribution in [0.2, 0.25) is 5.02 Å². The number of benzene rings is 1. The number of aromatic carboxylic acids is 1. The van der Waals surface area contributed by atoms with E-state index in [1.165, 1.54) is 6.07 Å². The summed E-state index contributed by atoms with van der Waals surface area (Å²) in [5.74, 6) is -0.0403. The SMILES string of the molecule is CSCC(C)Nc1cc(Cl)ccc1C(=O)O. The summed E-state index contributed by atoms with van der Waals surface area (Å²) < 4.78 is 0. The smallest absolute Gasteiger partial charge is 0.337 e. The highest BCUT2D eigenvalue weighted by molar-refractivity contribution is 7.98. The van der Waals surface area contributed by atoms with Crippen molar-refractivity contribution in [3.63, 3.8) is 0 Å². The Labute approximate surface area is 104 Å². The van der Waals surface area contributed by atoms with E-state index in [-0.39, 0.29) is 11.6 Å². The second kappa shape index (κ2) is 6.01. The van der Waals surface area contributed by atoms with Crippen molar-refractivity contribution < 1.29 is 9.90 Å². The molecule has 0 saturated heterocycles. The lowest BCUT2D eigenvalue weighted by molar-refractivity contribution is 0.0698. The quantitative estimate of drug-likeness (QED) is 0.853. The van der Waals surface area contributed by atoms with Gasteiger partial charge >= 0.3 is 5.97 Å². The number of hydrogen-bond acceptors (Lipinski definition) is 3. The fourth-order valence-corrected chi connectivity index (χ4v) is 2.13. The highest BCUT2D eigenvalue weighted by Crippen LogP contribution is 2.22. The van der Waals surface area contributed by atoms with Gasteiger partial charge in [0.15, 0.2) is 0 Å². The summed E-state index contributed by atoms with van der Waals surface area (Å²) in [4.78, 5) is 11.0. The van der Waals surface area contributed by atoms with Gasteiger partial charge in [0.25, 0.3) is 0 Å². The summed E-state index contributed by atoms with van der Waals surface area (Å²) in [5, 5.41) is 12.7. The molecular formula is C11H14ClNO2S. The maximum absolute atomic E-state index is 11.0. The van der Waals surface area contributed by atoms with Crippen LogP contribution in [-0.4, -0.2) is 29.1 Å². The molecule has 1 aromatic carbocycles. The number of hydrogen-bond donors (Lipinski definition) is 2. The maximum Gasteiger partial charge on any atom is 0.337 e. The second-order valence-electron chi connectivity index (χ2n) is 3.50. The van der Waals surface area contributed by atoms with Crippen LogP contribution in [-0.2, 0) is 0 Å². The van der Waals surface area contributed by atoms with E-state index in [4.69, 9.17) is 16.7 Å². The fourth-order valence-electron chi connectivity index (χ4n) is 1.38.